The van der Waals surface area contributed by atoms with E-state index in [1.165, 1.54) is 13.2 Å². The van der Waals surface area contributed by atoms with E-state index in [-0.39, 0.29) is 11.3 Å². The highest BCUT2D eigenvalue weighted by molar-refractivity contribution is 5.41. The summed E-state index contributed by atoms with van der Waals surface area (Å²) < 4.78 is 41.6. The summed E-state index contributed by atoms with van der Waals surface area (Å²) in [4.78, 5) is 0. The van der Waals surface area contributed by atoms with E-state index >= 15 is 0 Å². The van der Waals surface area contributed by atoms with Crippen molar-refractivity contribution in [1.82, 2.24) is 0 Å². The van der Waals surface area contributed by atoms with Crippen molar-refractivity contribution >= 4 is 0 Å². The second-order valence-electron chi connectivity index (χ2n) is 3.44. The first kappa shape index (κ1) is 13.6. The van der Waals surface area contributed by atoms with Gasteiger partial charge in [0.15, 0.2) is 6.10 Å². The van der Waals surface area contributed by atoms with Crippen molar-refractivity contribution in [2.75, 3.05) is 7.11 Å². The van der Waals surface area contributed by atoms with Crippen LogP contribution in [0.1, 0.15) is 11.6 Å². The van der Waals surface area contributed by atoms with E-state index in [1.807, 2.05) is 0 Å². The summed E-state index contributed by atoms with van der Waals surface area (Å²) in [5.74, 6) is -0.191. The van der Waals surface area contributed by atoms with Gasteiger partial charge in [-0.25, -0.2) is 0 Å². The molecule has 2 atom stereocenters. The molecule has 0 spiro atoms. The highest BCUT2D eigenvalue weighted by Crippen LogP contribution is 2.34. The molecule has 1 aromatic carbocycles. The molecule has 17 heavy (non-hydrogen) atoms. The van der Waals surface area contributed by atoms with Crippen LogP contribution in [0.5, 0.6) is 11.5 Å². The Balaban J connectivity index is 3.07. The van der Waals surface area contributed by atoms with Crippen molar-refractivity contribution in [1.29, 1.82) is 0 Å². The van der Waals surface area contributed by atoms with E-state index in [9.17, 15) is 18.3 Å². The molecule has 0 aliphatic rings. The number of phenolic OH excluding ortho intramolecular Hbond substituents is 1. The van der Waals surface area contributed by atoms with Crippen LogP contribution < -0.4 is 10.5 Å². The number of aromatic hydroxyl groups is 1. The van der Waals surface area contributed by atoms with Crippen LogP contribution in [0.2, 0.25) is 0 Å². The van der Waals surface area contributed by atoms with Crippen LogP contribution in [0, 0.1) is 0 Å². The molecule has 0 amide bonds. The van der Waals surface area contributed by atoms with Crippen molar-refractivity contribution in [3.63, 3.8) is 0 Å². The molecule has 0 bridgehead atoms. The Kier molecular flexibility index (Phi) is 3.84. The largest absolute Gasteiger partial charge is 0.508 e. The van der Waals surface area contributed by atoms with Gasteiger partial charge in [-0.2, -0.15) is 13.2 Å². The van der Waals surface area contributed by atoms with E-state index in [0.29, 0.717) is 0 Å². The zero-order chi connectivity index (χ0) is 13.2. The molecule has 7 heteroatoms. The number of ether oxygens (including phenoxy) is 1. The lowest BCUT2D eigenvalue weighted by molar-refractivity contribution is -0.210. The van der Waals surface area contributed by atoms with Gasteiger partial charge in [0, 0.05) is 5.56 Å². The minimum atomic E-state index is -4.85. The van der Waals surface area contributed by atoms with Gasteiger partial charge < -0.3 is 20.7 Å². The number of nitrogens with two attached hydrogens (primary N) is 1. The fraction of sp³-hybridized carbons (Fsp3) is 0.400. The van der Waals surface area contributed by atoms with Gasteiger partial charge in [-0.05, 0) is 18.2 Å². The highest BCUT2D eigenvalue weighted by atomic mass is 19.4. The van der Waals surface area contributed by atoms with Crippen molar-refractivity contribution in [2.45, 2.75) is 18.3 Å². The van der Waals surface area contributed by atoms with Gasteiger partial charge in [-0.15, -0.1) is 0 Å². The number of benzene rings is 1. The Morgan fingerprint density at radius 1 is 1.35 bits per heavy atom. The molecule has 0 saturated heterocycles. The maximum Gasteiger partial charge on any atom is 0.416 e. The average Bonchev–Trinajstić information content (AvgIpc) is 2.26. The molecular formula is C10H12F3NO3. The molecule has 96 valence electrons. The lowest BCUT2D eigenvalue weighted by Gasteiger charge is -2.22. The Morgan fingerprint density at radius 2 is 1.94 bits per heavy atom. The van der Waals surface area contributed by atoms with Gasteiger partial charge in [0.25, 0.3) is 0 Å². The van der Waals surface area contributed by atoms with Crippen molar-refractivity contribution in [2.24, 2.45) is 5.73 Å². The second-order valence-corrected chi connectivity index (χ2v) is 3.44. The van der Waals surface area contributed by atoms with Gasteiger partial charge >= 0.3 is 6.18 Å². The molecule has 0 heterocycles. The Labute approximate surface area is 95.4 Å². The quantitative estimate of drug-likeness (QED) is 0.757. The van der Waals surface area contributed by atoms with Crippen LogP contribution in [0.4, 0.5) is 13.2 Å². The van der Waals surface area contributed by atoms with Crippen LogP contribution in [-0.4, -0.2) is 29.6 Å². The monoisotopic (exact) mass is 251 g/mol. The van der Waals surface area contributed by atoms with Crippen molar-refractivity contribution in [3.8, 4) is 11.5 Å². The van der Waals surface area contributed by atoms with Gasteiger partial charge in [-0.1, -0.05) is 0 Å². The standard InChI is InChI=1S/C10H12F3NO3/c1-17-5-2-3-7(15)6(4-5)8(14)9(16)10(11,12)13/h2-4,8-9,15-16H,14H2,1H3/t8-,9-/m1/s1. The van der Waals surface area contributed by atoms with Gasteiger partial charge in [-0.3, -0.25) is 0 Å². The van der Waals surface area contributed by atoms with Crippen LogP contribution in [-0.2, 0) is 0 Å². The Morgan fingerprint density at radius 3 is 2.41 bits per heavy atom. The highest BCUT2D eigenvalue weighted by Gasteiger charge is 2.43. The minimum Gasteiger partial charge on any atom is -0.508 e. The predicted molar refractivity (Wildman–Crippen MR) is 53.6 cm³/mol. The molecule has 4 nitrogen and oxygen atoms in total. The summed E-state index contributed by atoms with van der Waals surface area (Å²) >= 11 is 0. The van der Waals surface area contributed by atoms with Gasteiger partial charge in [0.2, 0.25) is 0 Å². The molecule has 0 aromatic heterocycles. The maximum absolute atomic E-state index is 12.3. The number of alkyl halides is 3. The van der Waals surface area contributed by atoms with E-state index in [4.69, 9.17) is 15.6 Å². The number of methoxy groups -OCH3 is 1. The number of rotatable bonds is 3. The SMILES string of the molecule is COc1ccc(O)c([C@@H](N)[C@@H](O)C(F)(F)F)c1. The summed E-state index contributed by atoms with van der Waals surface area (Å²) in [5.41, 5.74) is 5.04. The second kappa shape index (κ2) is 4.80. The zero-order valence-corrected chi connectivity index (χ0v) is 8.90. The first-order valence-electron chi connectivity index (χ1n) is 4.64. The van der Waals surface area contributed by atoms with E-state index in [2.05, 4.69) is 0 Å². The van der Waals surface area contributed by atoms with E-state index in [0.717, 1.165) is 12.1 Å². The topological polar surface area (TPSA) is 75.7 Å². The van der Waals surface area contributed by atoms with Gasteiger partial charge in [0.05, 0.1) is 13.2 Å². The lowest BCUT2D eigenvalue weighted by atomic mass is 10.0. The minimum absolute atomic E-state index is 0.228. The fourth-order valence-corrected chi connectivity index (χ4v) is 1.30. The first-order valence-corrected chi connectivity index (χ1v) is 4.64. The Bertz CT molecular complexity index is 395. The molecule has 0 saturated carbocycles. The number of hydrogen-bond donors (Lipinski definition) is 3. The normalized spacial score (nSPS) is 15.4. The third-order valence-electron chi connectivity index (χ3n) is 2.27. The first-order chi connectivity index (χ1) is 7.77. The fourth-order valence-electron chi connectivity index (χ4n) is 1.30. The third kappa shape index (κ3) is 3.01. The van der Waals surface area contributed by atoms with Crippen LogP contribution in [0.25, 0.3) is 0 Å². The summed E-state index contributed by atoms with van der Waals surface area (Å²) in [6.45, 7) is 0. The number of halogens is 3. The van der Waals surface area contributed by atoms with E-state index in [1.54, 1.807) is 0 Å². The van der Waals surface area contributed by atoms with E-state index < -0.39 is 24.1 Å². The van der Waals surface area contributed by atoms with Crippen LogP contribution in [0.15, 0.2) is 18.2 Å². The summed E-state index contributed by atoms with van der Waals surface area (Å²) in [7, 11) is 1.32. The lowest BCUT2D eigenvalue weighted by Crippen LogP contribution is -2.38. The summed E-state index contributed by atoms with van der Waals surface area (Å²) in [6, 6.07) is 1.89. The number of aliphatic hydroxyl groups is 1. The zero-order valence-electron chi connectivity index (χ0n) is 8.90. The third-order valence-corrected chi connectivity index (χ3v) is 2.27. The average molecular weight is 251 g/mol. The summed E-state index contributed by atoms with van der Waals surface area (Å²) in [5, 5.41) is 18.4. The Hall–Kier alpha value is -1.47. The van der Waals surface area contributed by atoms with Crippen molar-refractivity contribution < 1.29 is 28.1 Å². The molecule has 0 aliphatic heterocycles. The van der Waals surface area contributed by atoms with Crippen LogP contribution in [0.3, 0.4) is 0 Å². The molecule has 1 aromatic rings. The molecule has 0 fully saturated rings. The molecule has 0 unspecified atom stereocenters. The van der Waals surface area contributed by atoms with Crippen LogP contribution >= 0.6 is 0 Å². The molecule has 0 aliphatic carbocycles. The maximum atomic E-state index is 12.3. The molecular weight excluding hydrogens is 239 g/mol. The predicted octanol–water partition coefficient (Wildman–Crippen LogP) is 1.32. The molecule has 0 radical (unpaired) electrons. The number of aliphatic hydroxyl groups excluding tert-OH is 1. The van der Waals surface area contributed by atoms with Crippen molar-refractivity contribution in [3.05, 3.63) is 23.8 Å². The summed E-state index contributed by atoms with van der Waals surface area (Å²) in [6.07, 6.45) is -7.60. The molecule has 1 rings (SSSR count). The number of phenols is 1. The van der Waals surface area contributed by atoms with Gasteiger partial charge in [0.1, 0.15) is 11.5 Å². The molecule has 4 N–H and O–H groups in total. The number of hydrogen-bond acceptors (Lipinski definition) is 4. The smallest absolute Gasteiger partial charge is 0.416 e.